The molecule has 108 valence electrons. The maximum absolute atomic E-state index is 12.0. The minimum absolute atomic E-state index is 0.0548. The quantitative estimate of drug-likeness (QED) is 0.885. The zero-order chi connectivity index (χ0) is 14.6. The summed E-state index contributed by atoms with van der Waals surface area (Å²) in [7, 11) is 0. The van der Waals surface area contributed by atoms with Crippen LogP contribution in [0.25, 0.3) is 0 Å². The molecular weight excluding hydrogens is 256 g/mol. The molecule has 0 unspecified atom stereocenters. The molecule has 2 N–H and O–H groups in total. The largest absolute Gasteiger partial charge is 0.477 e. The van der Waals surface area contributed by atoms with Gasteiger partial charge in [-0.3, -0.25) is 4.79 Å². The number of carbonyl (C=O) groups is 2. The van der Waals surface area contributed by atoms with Crippen LogP contribution in [0.4, 0.5) is 0 Å². The van der Waals surface area contributed by atoms with Crippen LogP contribution < -0.4 is 5.32 Å². The molecule has 1 aliphatic rings. The van der Waals surface area contributed by atoms with Gasteiger partial charge in [-0.2, -0.15) is 0 Å². The molecule has 1 heterocycles. The van der Waals surface area contributed by atoms with Crippen LogP contribution in [-0.4, -0.2) is 28.5 Å². The van der Waals surface area contributed by atoms with E-state index in [0.29, 0.717) is 12.1 Å². The Kier molecular flexibility index (Phi) is 4.37. The number of carboxylic acids is 1. The lowest BCUT2D eigenvalue weighted by Crippen LogP contribution is -2.37. The van der Waals surface area contributed by atoms with E-state index in [2.05, 4.69) is 17.2 Å². The Morgan fingerprint density at radius 2 is 2.00 bits per heavy atom. The first-order valence-electron chi connectivity index (χ1n) is 6.98. The summed E-state index contributed by atoms with van der Waals surface area (Å²) in [5.74, 6) is -1.28. The number of nitrogens with zero attached hydrogens (tertiary/aromatic N) is 1. The number of rotatable bonds is 4. The third kappa shape index (κ3) is 3.56. The van der Waals surface area contributed by atoms with E-state index in [1.54, 1.807) is 0 Å². The average Bonchev–Trinajstić information content (AvgIpc) is 2.46. The van der Waals surface area contributed by atoms with Gasteiger partial charge < -0.3 is 10.4 Å². The van der Waals surface area contributed by atoms with Crippen molar-refractivity contribution in [3.05, 3.63) is 29.6 Å². The van der Waals surface area contributed by atoms with Crippen molar-refractivity contribution in [3.63, 3.8) is 0 Å². The summed E-state index contributed by atoms with van der Waals surface area (Å²) in [6.07, 6.45) is 7.32. The molecule has 20 heavy (non-hydrogen) atoms. The summed E-state index contributed by atoms with van der Waals surface area (Å²) < 4.78 is 0. The van der Waals surface area contributed by atoms with Gasteiger partial charge in [-0.25, -0.2) is 9.78 Å². The molecule has 0 radical (unpaired) electrons. The smallest absolute Gasteiger partial charge is 0.354 e. The van der Waals surface area contributed by atoms with Crippen LogP contribution in [0.3, 0.4) is 0 Å². The molecule has 0 aromatic carbocycles. The number of nitrogens with one attached hydrogen (secondary N) is 1. The molecule has 0 spiro atoms. The Morgan fingerprint density at radius 3 is 2.55 bits per heavy atom. The Hall–Kier alpha value is -1.91. The lowest BCUT2D eigenvalue weighted by Gasteiger charge is -2.33. The number of hydrogen-bond acceptors (Lipinski definition) is 3. The van der Waals surface area contributed by atoms with Gasteiger partial charge in [0.25, 0.3) is 5.91 Å². The van der Waals surface area contributed by atoms with E-state index in [1.807, 2.05) is 0 Å². The Balaban J connectivity index is 1.92. The minimum Gasteiger partial charge on any atom is -0.477 e. The van der Waals surface area contributed by atoms with Crippen molar-refractivity contribution in [1.82, 2.24) is 10.3 Å². The van der Waals surface area contributed by atoms with Crippen LogP contribution >= 0.6 is 0 Å². The van der Waals surface area contributed by atoms with Crippen LogP contribution in [0.2, 0.25) is 0 Å². The van der Waals surface area contributed by atoms with E-state index < -0.39 is 5.97 Å². The summed E-state index contributed by atoms with van der Waals surface area (Å²) in [6.45, 7) is 2.87. The third-order valence-electron chi connectivity index (χ3n) is 3.98. The van der Waals surface area contributed by atoms with Crippen molar-refractivity contribution >= 4 is 11.9 Å². The highest BCUT2D eigenvalue weighted by molar-refractivity contribution is 5.94. The lowest BCUT2D eigenvalue weighted by molar-refractivity contribution is 0.0689. The van der Waals surface area contributed by atoms with Gasteiger partial charge in [-0.15, -0.1) is 0 Å². The fourth-order valence-electron chi connectivity index (χ4n) is 2.63. The molecule has 0 bridgehead atoms. The van der Waals surface area contributed by atoms with Gasteiger partial charge in [0.1, 0.15) is 5.69 Å². The maximum Gasteiger partial charge on any atom is 0.354 e. The van der Waals surface area contributed by atoms with Crippen LogP contribution in [0.15, 0.2) is 18.3 Å². The van der Waals surface area contributed by atoms with E-state index in [4.69, 9.17) is 5.11 Å². The molecule has 1 aromatic rings. The molecule has 0 saturated heterocycles. The van der Waals surface area contributed by atoms with Crippen LogP contribution in [-0.2, 0) is 0 Å². The van der Waals surface area contributed by atoms with Crippen molar-refractivity contribution in [2.45, 2.75) is 39.0 Å². The zero-order valence-electron chi connectivity index (χ0n) is 11.7. The summed E-state index contributed by atoms with van der Waals surface area (Å²) in [5.41, 5.74) is 0.526. The highest BCUT2D eigenvalue weighted by atomic mass is 16.4. The number of pyridine rings is 1. The topological polar surface area (TPSA) is 79.3 Å². The van der Waals surface area contributed by atoms with Crippen molar-refractivity contribution in [3.8, 4) is 0 Å². The first-order chi connectivity index (χ1) is 9.50. The number of carbonyl (C=O) groups excluding carboxylic acids is 1. The number of aromatic nitrogens is 1. The molecule has 0 atom stereocenters. The molecular formula is C15H20N2O3. The predicted octanol–water partition coefficient (Wildman–Crippen LogP) is 2.48. The Bertz CT molecular complexity index is 490. The van der Waals surface area contributed by atoms with Gasteiger partial charge in [0.05, 0.1) is 5.56 Å². The average molecular weight is 276 g/mol. The molecule has 5 heteroatoms. The fourth-order valence-corrected chi connectivity index (χ4v) is 2.63. The monoisotopic (exact) mass is 276 g/mol. The normalized spacial score (nSPS) is 17.4. The van der Waals surface area contributed by atoms with E-state index in [0.717, 1.165) is 12.8 Å². The minimum atomic E-state index is -1.09. The molecule has 5 nitrogen and oxygen atoms in total. The van der Waals surface area contributed by atoms with Crippen molar-refractivity contribution < 1.29 is 14.7 Å². The molecule has 1 aliphatic carbocycles. The Morgan fingerprint density at radius 1 is 1.30 bits per heavy atom. The molecule has 1 saturated carbocycles. The zero-order valence-corrected chi connectivity index (χ0v) is 11.7. The maximum atomic E-state index is 12.0. The second-order valence-electron chi connectivity index (χ2n) is 5.79. The van der Waals surface area contributed by atoms with Gasteiger partial charge in [0, 0.05) is 12.7 Å². The molecule has 1 fully saturated rings. The van der Waals surface area contributed by atoms with E-state index in [-0.39, 0.29) is 17.0 Å². The standard InChI is InChI=1S/C15H20N2O3/c1-15(7-3-2-4-8-15)10-17-13(18)11-5-6-12(14(19)20)16-9-11/h5-6,9H,2-4,7-8,10H2,1H3,(H,17,18)(H,19,20). The number of amides is 1. The van der Waals surface area contributed by atoms with Crippen LogP contribution in [0, 0.1) is 5.41 Å². The van der Waals surface area contributed by atoms with E-state index in [1.165, 1.54) is 37.6 Å². The summed E-state index contributed by atoms with van der Waals surface area (Å²) in [5, 5.41) is 11.7. The van der Waals surface area contributed by atoms with Gasteiger partial charge in [-0.05, 0) is 30.4 Å². The highest BCUT2D eigenvalue weighted by Crippen LogP contribution is 2.34. The van der Waals surface area contributed by atoms with Crippen molar-refractivity contribution in [1.29, 1.82) is 0 Å². The van der Waals surface area contributed by atoms with Gasteiger partial charge >= 0.3 is 5.97 Å². The second-order valence-corrected chi connectivity index (χ2v) is 5.79. The highest BCUT2D eigenvalue weighted by Gasteiger charge is 2.27. The molecule has 1 amide bonds. The lowest BCUT2D eigenvalue weighted by atomic mass is 9.76. The number of carboxylic acid groups (broad SMARTS) is 1. The van der Waals surface area contributed by atoms with Crippen molar-refractivity contribution in [2.24, 2.45) is 5.41 Å². The van der Waals surface area contributed by atoms with Crippen LogP contribution in [0.5, 0.6) is 0 Å². The van der Waals surface area contributed by atoms with Gasteiger partial charge in [0.2, 0.25) is 0 Å². The van der Waals surface area contributed by atoms with E-state index >= 15 is 0 Å². The predicted molar refractivity (Wildman–Crippen MR) is 74.7 cm³/mol. The SMILES string of the molecule is CC1(CNC(=O)c2ccc(C(=O)O)nc2)CCCCC1. The molecule has 1 aromatic heterocycles. The first kappa shape index (κ1) is 14.5. The summed E-state index contributed by atoms with van der Waals surface area (Å²) in [6, 6.07) is 2.84. The molecule has 2 rings (SSSR count). The van der Waals surface area contributed by atoms with Crippen molar-refractivity contribution in [2.75, 3.05) is 6.54 Å². The van der Waals surface area contributed by atoms with E-state index in [9.17, 15) is 9.59 Å². The summed E-state index contributed by atoms with van der Waals surface area (Å²) >= 11 is 0. The molecule has 0 aliphatic heterocycles. The van der Waals surface area contributed by atoms with Crippen LogP contribution in [0.1, 0.15) is 59.9 Å². The number of aromatic carboxylic acids is 1. The number of hydrogen-bond donors (Lipinski definition) is 2. The summed E-state index contributed by atoms with van der Waals surface area (Å²) in [4.78, 5) is 26.5. The van der Waals surface area contributed by atoms with Gasteiger partial charge in [-0.1, -0.05) is 26.2 Å². The second kappa shape index (κ2) is 6.03. The first-order valence-corrected chi connectivity index (χ1v) is 6.98. The Labute approximate surface area is 118 Å². The fraction of sp³-hybridized carbons (Fsp3) is 0.533. The van der Waals surface area contributed by atoms with Gasteiger partial charge in [0.15, 0.2) is 0 Å². The third-order valence-corrected chi connectivity index (χ3v) is 3.98.